The zero-order chi connectivity index (χ0) is 15.8. The van der Waals surface area contributed by atoms with Crippen molar-refractivity contribution in [1.29, 1.82) is 0 Å². The zero-order valence-corrected chi connectivity index (χ0v) is 14.2. The molecule has 0 spiro atoms. The summed E-state index contributed by atoms with van der Waals surface area (Å²) in [5.74, 6) is 0.847. The SMILES string of the molecule is CCCCc1cc2c(C)nc(C(C)C)nc2n1S(C)(=O)=O. The van der Waals surface area contributed by atoms with Crippen molar-refractivity contribution in [3.8, 4) is 0 Å². The van der Waals surface area contributed by atoms with Crippen molar-refractivity contribution in [1.82, 2.24) is 13.9 Å². The Labute approximate surface area is 126 Å². The highest BCUT2D eigenvalue weighted by molar-refractivity contribution is 7.89. The lowest BCUT2D eigenvalue weighted by Crippen LogP contribution is -2.14. The van der Waals surface area contributed by atoms with Crippen molar-refractivity contribution in [2.75, 3.05) is 6.26 Å². The number of hydrogen-bond acceptors (Lipinski definition) is 4. The third-order valence-corrected chi connectivity index (χ3v) is 4.60. The molecule has 0 radical (unpaired) electrons. The summed E-state index contributed by atoms with van der Waals surface area (Å²) in [6.45, 7) is 8.01. The summed E-state index contributed by atoms with van der Waals surface area (Å²) in [5.41, 5.74) is 2.15. The number of nitrogens with zero attached hydrogens (tertiary/aromatic N) is 3. The van der Waals surface area contributed by atoms with Crippen LogP contribution in [0.4, 0.5) is 0 Å². The molecule has 0 atom stereocenters. The minimum atomic E-state index is -3.38. The molecule has 0 aliphatic carbocycles. The first-order valence-electron chi connectivity index (χ1n) is 7.35. The van der Waals surface area contributed by atoms with Crippen LogP contribution in [0.25, 0.3) is 11.0 Å². The minimum Gasteiger partial charge on any atom is -0.237 e. The molecule has 2 aromatic rings. The van der Waals surface area contributed by atoms with E-state index in [9.17, 15) is 8.42 Å². The van der Waals surface area contributed by atoms with Gasteiger partial charge in [-0.15, -0.1) is 0 Å². The van der Waals surface area contributed by atoms with Crippen molar-refractivity contribution in [2.24, 2.45) is 0 Å². The van der Waals surface area contributed by atoms with Gasteiger partial charge in [0.15, 0.2) is 5.65 Å². The molecule has 2 heterocycles. The topological polar surface area (TPSA) is 64.8 Å². The molecule has 6 heteroatoms. The molecule has 0 unspecified atom stereocenters. The van der Waals surface area contributed by atoms with Crippen LogP contribution < -0.4 is 0 Å². The molecular formula is C15H23N3O2S. The van der Waals surface area contributed by atoms with Gasteiger partial charge < -0.3 is 0 Å². The molecule has 0 aliphatic rings. The highest BCUT2D eigenvalue weighted by Gasteiger charge is 2.20. The van der Waals surface area contributed by atoms with Crippen molar-refractivity contribution < 1.29 is 8.42 Å². The summed E-state index contributed by atoms with van der Waals surface area (Å²) in [4.78, 5) is 9.00. The molecule has 5 nitrogen and oxygen atoms in total. The van der Waals surface area contributed by atoms with E-state index < -0.39 is 10.0 Å². The maximum atomic E-state index is 12.2. The third-order valence-electron chi connectivity index (χ3n) is 3.53. The molecule has 21 heavy (non-hydrogen) atoms. The van der Waals surface area contributed by atoms with Gasteiger partial charge in [-0.3, -0.25) is 0 Å². The number of fused-ring (bicyclic) bond motifs is 1. The van der Waals surface area contributed by atoms with Crippen LogP contribution in [0.5, 0.6) is 0 Å². The van der Waals surface area contributed by atoms with Gasteiger partial charge in [-0.05, 0) is 25.8 Å². The van der Waals surface area contributed by atoms with E-state index in [1.807, 2.05) is 26.8 Å². The average molecular weight is 309 g/mol. The number of aryl methyl sites for hydroxylation is 2. The largest absolute Gasteiger partial charge is 0.237 e. The average Bonchev–Trinajstić information content (AvgIpc) is 2.74. The summed E-state index contributed by atoms with van der Waals surface area (Å²) >= 11 is 0. The number of unbranched alkanes of at least 4 members (excludes halogenated alkanes) is 1. The molecule has 0 saturated carbocycles. The van der Waals surface area contributed by atoms with Crippen LogP contribution in [-0.2, 0) is 16.4 Å². The monoisotopic (exact) mass is 309 g/mol. The summed E-state index contributed by atoms with van der Waals surface area (Å²) in [6.07, 6.45) is 3.94. The van der Waals surface area contributed by atoms with Crippen LogP contribution >= 0.6 is 0 Å². The van der Waals surface area contributed by atoms with E-state index in [4.69, 9.17) is 0 Å². The van der Waals surface area contributed by atoms with Gasteiger partial charge >= 0.3 is 0 Å². The summed E-state index contributed by atoms with van der Waals surface area (Å²) in [6, 6.07) is 1.92. The van der Waals surface area contributed by atoms with Crippen LogP contribution in [0.2, 0.25) is 0 Å². The van der Waals surface area contributed by atoms with Crippen LogP contribution in [0.3, 0.4) is 0 Å². The van der Waals surface area contributed by atoms with E-state index in [0.717, 1.165) is 36.0 Å². The molecule has 0 fully saturated rings. The number of hydrogen-bond donors (Lipinski definition) is 0. The Kier molecular flexibility index (Phi) is 4.37. The first-order chi connectivity index (χ1) is 9.75. The van der Waals surface area contributed by atoms with Crippen molar-refractivity contribution >= 4 is 21.1 Å². The summed E-state index contributed by atoms with van der Waals surface area (Å²) in [5, 5.41) is 0.830. The van der Waals surface area contributed by atoms with Gasteiger partial charge in [0, 0.05) is 17.0 Å². The summed E-state index contributed by atoms with van der Waals surface area (Å²) in [7, 11) is -3.38. The number of aromatic nitrogens is 3. The first kappa shape index (κ1) is 15.9. The molecule has 0 saturated heterocycles. The van der Waals surface area contributed by atoms with E-state index in [1.54, 1.807) is 0 Å². The van der Waals surface area contributed by atoms with E-state index in [-0.39, 0.29) is 5.92 Å². The van der Waals surface area contributed by atoms with E-state index >= 15 is 0 Å². The van der Waals surface area contributed by atoms with Crippen LogP contribution in [0, 0.1) is 6.92 Å². The molecule has 0 bridgehead atoms. The fraction of sp³-hybridized carbons (Fsp3) is 0.600. The Morgan fingerprint density at radius 2 is 1.95 bits per heavy atom. The second kappa shape index (κ2) is 5.75. The zero-order valence-electron chi connectivity index (χ0n) is 13.3. The molecule has 0 amide bonds. The predicted octanol–water partition coefficient (Wildman–Crippen LogP) is 3.01. The van der Waals surface area contributed by atoms with Crippen molar-refractivity contribution in [3.63, 3.8) is 0 Å². The molecule has 2 rings (SSSR count). The lowest BCUT2D eigenvalue weighted by Gasteiger charge is -2.09. The Bertz CT molecular complexity index is 761. The smallest absolute Gasteiger partial charge is 0.237 e. The molecule has 0 aromatic carbocycles. The van der Waals surface area contributed by atoms with E-state index in [2.05, 4.69) is 16.9 Å². The molecule has 0 N–H and O–H groups in total. The van der Waals surface area contributed by atoms with Gasteiger partial charge in [-0.25, -0.2) is 22.4 Å². The predicted molar refractivity (Wildman–Crippen MR) is 85.2 cm³/mol. The Morgan fingerprint density at radius 3 is 2.48 bits per heavy atom. The van der Waals surface area contributed by atoms with Crippen LogP contribution in [0.15, 0.2) is 6.07 Å². The Morgan fingerprint density at radius 1 is 1.29 bits per heavy atom. The molecule has 116 valence electrons. The van der Waals surface area contributed by atoms with Gasteiger partial charge in [-0.2, -0.15) is 0 Å². The molecular weight excluding hydrogens is 286 g/mol. The number of rotatable bonds is 5. The fourth-order valence-corrected chi connectivity index (χ4v) is 3.46. The van der Waals surface area contributed by atoms with Gasteiger partial charge in [0.1, 0.15) is 5.82 Å². The Balaban J connectivity index is 2.78. The van der Waals surface area contributed by atoms with E-state index in [0.29, 0.717) is 11.5 Å². The first-order valence-corrected chi connectivity index (χ1v) is 9.20. The minimum absolute atomic E-state index is 0.162. The lowest BCUT2D eigenvalue weighted by atomic mass is 10.2. The van der Waals surface area contributed by atoms with Crippen molar-refractivity contribution in [3.05, 3.63) is 23.3 Å². The maximum absolute atomic E-state index is 12.2. The second-order valence-corrected chi connectivity index (χ2v) is 7.66. The van der Waals surface area contributed by atoms with Crippen LogP contribution in [-0.4, -0.2) is 28.6 Å². The highest BCUT2D eigenvalue weighted by atomic mass is 32.2. The summed E-state index contributed by atoms with van der Waals surface area (Å²) < 4.78 is 25.8. The quantitative estimate of drug-likeness (QED) is 0.851. The van der Waals surface area contributed by atoms with E-state index in [1.165, 1.54) is 10.2 Å². The Hall–Kier alpha value is -1.43. The molecule has 2 aromatic heterocycles. The standard InChI is InChI=1S/C15H23N3O2S/c1-6-7-8-12-9-13-11(4)16-14(10(2)3)17-15(13)18(12)21(5,19)20/h9-10H,6-8H2,1-5H3. The molecule has 0 aliphatic heterocycles. The third kappa shape index (κ3) is 3.10. The van der Waals surface area contributed by atoms with Gasteiger partial charge in [0.25, 0.3) is 0 Å². The van der Waals surface area contributed by atoms with Crippen LogP contribution in [0.1, 0.15) is 56.7 Å². The normalized spacial score (nSPS) is 12.5. The van der Waals surface area contributed by atoms with Gasteiger partial charge in [-0.1, -0.05) is 27.2 Å². The fourth-order valence-electron chi connectivity index (χ4n) is 2.43. The van der Waals surface area contributed by atoms with Crippen molar-refractivity contribution in [2.45, 2.75) is 52.9 Å². The second-order valence-electron chi connectivity index (χ2n) is 5.83. The van der Waals surface area contributed by atoms with Gasteiger partial charge in [0.05, 0.1) is 11.9 Å². The maximum Gasteiger partial charge on any atom is 0.237 e. The highest BCUT2D eigenvalue weighted by Crippen LogP contribution is 2.25. The lowest BCUT2D eigenvalue weighted by molar-refractivity contribution is 0.591. The van der Waals surface area contributed by atoms with Gasteiger partial charge in [0.2, 0.25) is 10.0 Å².